The van der Waals surface area contributed by atoms with Gasteiger partial charge in [-0.3, -0.25) is 4.79 Å². The highest BCUT2D eigenvalue weighted by Gasteiger charge is 2.28. The number of carbonyl (C=O) groups is 1. The predicted molar refractivity (Wildman–Crippen MR) is 60.4 cm³/mol. The summed E-state index contributed by atoms with van der Waals surface area (Å²) < 4.78 is 0. The molecule has 0 saturated heterocycles. The van der Waals surface area contributed by atoms with Crippen molar-refractivity contribution < 1.29 is 4.79 Å². The van der Waals surface area contributed by atoms with Crippen LogP contribution in [0.2, 0.25) is 0 Å². The number of hydrogen-bond donors (Lipinski definition) is 1. The Hall–Kier alpha value is -0.0500. The SMILES string of the molecule is O=C(NCC1CC(Br)C1)C1CCCC1. The van der Waals surface area contributed by atoms with Crippen LogP contribution in [-0.2, 0) is 4.79 Å². The molecule has 0 heterocycles. The van der Waals surface area contributed by atoms with E-state index in [2.05, 4.69) is 21.2 Å². The van der Waals surface area contributed by atoms with Crippen molar-refractivity contribution in [3.05, 3.63) is 0 Å². The Kier molecular flexibility index (Phi) is 3.47. The van der Waals surface area contributed by atoms with Crippen LogP contribution in [0.25, 0.3) is 0 Å². The third-order valence-corrected chi connectivity index (χ3v) is 4.22. The van der Waals surface area contributed by atoms with E-state index in [1.165, 1.54) is 25.7 Å². The topological polar surface area (TPSA) is 29.1 Å². The minimum absolute atomic E-state index is 0.306. The van der Waals surface area contributed by atoms with Crippen LogP contribution in [-0.4, -0.2) is 17.3 Å². The number of rotatable bonds is 3. The van der Waals surface area contributed by atoms with E-state index in [9.17, 15) is 4.79 Å². The summed E-state index contributed by atoms with van der Waals surface area (Å²) >= 11 is 3.56. The molecule has 2 rings (SSSR count). The molecule has 0 aromatic rings. The summed E-state index contributed by atoms with van der Waals surface area (Å²) in [6, 6.07) is 0. The van der Waals surface area contributed by atoms with E-state index < -0.39 is 0 Å². The van der Waals surface area contributed by atoms with Crippen LogP contribution >= 0.6 is 15.9 Å². The zero-order valence-corrected chi connectivity index (χ0v) is 10.1. The van der Waals surface area contributed by atoms with E-state index in [0.29, 0.717) is 16.7 Å². The summed E-state index contributed by atoms with van der Waals surface area (Å²) in [5.74, 6) is 1.36. The first-order chi connectivity index (χ1) is 6.75. The zero-order chi connectivity index (χ0) is 9.97. The number of hydrogen-bond acceptors (Lipinski definition) is 1. The first kappa shape index (κ1) is 10.5. The molecule has 0 radical (unpaired) electrons. The lowest BCUT2D eigenvalue weighted by Gasteiger charge is -2.31. The normalized spacial score (nSPS) is 32.6. The lowest BCUT2D eigenvalue weighted by molar-refractivity contribution is -0.125. The second kappa shape index (κ2) is 4.65. The zero-order valence-electron chi connectivity index (χ0n) is 8.47. The van der Waals surface area contributed by atoms with Gasteiger partial charge >= 0.3 is 0 Å². The summed E-state index contributed by atoms with van der Waals surface area (Å²) in [6.45, 7) is 0.900. The van der Waals surface area contributed by atoms with Crippen LogP contribution in [0.5, 0.6) is 0 Å². The van der Waals surface area contributed by atoms with Crippen molar-refractivity contribution in [2.75, 3.05) is 6.54 Å². The van der Waals surface area contributed by atoms with Gasteiger partial charge in [0.15, 0.2) is 0 Å². The largest absolute Gasteiger partial charge is 0.356 e. The number of nitrogens with one attached hydrogen (secondary N) is 1. The molecule has 2 aliphatic carbocycles. The van der Waals surface area contributed by atoms with Gasteiger partial charge in [-0.25, -0.2) is 0 Å². The minimum atomic E-state index is 0.306. The van der Waals surface area contributed by atoms with E-state index in [1.807, 2.05) is 0 Å². The third-order valence-electron chi connectivity index (χ3n) is 3.47. The van der Waals surface area contributed by atoms with Crippen LogP contribution in [0.1, 0.15) is 38.5 Å². The van der Waals surface area contributed by atoms with E-state index in [0.717, 1.165) is 25.3 Å². The van der Waals surface area contributed by atoms with Gasteiger partial charge in [0.25, 0.3) is 0 Å². The van der Waals surface area contributed by atoms with Gasteiger partial charge in [0.1, 0.15) is 0 Å². The molecule has 0 atom stereocenters. The lowest BCUT2D eigenvalue weighted by atomic mass is 9.85. The Morgan fingerprint density at radius 2 is 1.93 bits per heavy atom. The van der Waals surface area contributed by atoms with Crippen molar-refractivity contribution in [2.45, 2.75) is 43.4 Å². The van der Waals surface area contributed by atoms with Crippen LogP contribution in [0.3, 0.4) is 0 Å². The molecule has 0 aliphatic heterocycles. The standard InChI is InChI=1S/C11H18BrNO/c12-10-5-8(6-10)7-13-11(14)9-3-1-2-4-9/h8-10H,1-7H2,(H,13,14). The van der Waals surface area contributed by atoms with Crippen molar-refractivity contribution in [3.8, 4) is 0 Å². The van der Waals surface area contributed by atoms with Crippen molar-refractivity contribution in [1.82, 2.24) is 5.32 Å². The summed E-state index contributed by atoms with van der Waals surface area (Å²) in [5.41, 5.74) is 0. The molecule has 0 aromatic heterocycles. The van der Waals surface area contributed by atoms with Gasteiger partial charge in [0, 0.05) is 17.3 Å². The van der Waals surface area contributed by atoms with Crippen molar-refractivity contribution in [3.63, 3.8) is 0 Å². The summed E-state index contributed by atoms with van der Waals surface area (Å²) in [6.07, 6.45) is 7.15. The second-order valence-electron chi connectivity index (χ2n) is 4.66. The highest BCUT2D eigenvalue weighted by molar-refractivity contribution is 9.09. The molecular formula is C11H18BrNO. The van der Waals surface area contributed by atoms with E-state index in [4.69, 9.17) is 0 Å². The molecular weight excluding hydrogens is 242 g/mol. The summed E-state index contributed by atoms with van der Waals surface area (Å²) in [4.78, 5) is 12.4. The van der Waals surface area contributed by atoms with Gasteiger partial charge in [0.05, 0.1) is 0 Å². The quantitative estimate of drug-likeness (QED) is 0.776. The Balaban J connectivity index is 1.62. The minimum Gasteiger partial charge on any atom is -0.356 e. The maximum Gasteiger partial charge on any atom is 0.223 e. The molecule has 0 bridgehead atoms. The molecule has 2 fully saturated rings. The molecule has 0 spiro atoms. The van der Waals surface area contributed by atoms with E-state index in [1.54, 1.807) is 0 Å². The molecule has 2 aliphatic rings. The Bertz CT molecular complexity index is 207. The highest BCUT2D eigenvalue weighted by Crippen LogP contribution is 2.32. The maximum atomic E-state index is 11.6. The molecule has 1 amide bonds. The molecule has 1 N–H and O–H groups in total. The fraction of sp³-hybridized carbons (Fsp3) is 0.909. The number of amides is 1. The van der Waals surface area contributed by atoms with Crippen molar-refractivity contribution in [2.24, 2.45) is 11.8 Å². The Morgan fingerprint density at radius 1 is 1.29 bits per heavy atom. The van der Waals surface area contributed by atoms with Gasteiger partial charge in [-0.1, -0.05) is 28.8 Å². The van der Waals surface area contributed by atoms with Crippen LogP contribution in [0, 0.1) is 11.8 Å². The second-order valence-corrected chi connectivity index (χ2v) is 5.96. The Labute approximate surface area is 94.0 Å². The van der Waals surface area contributed by atoms with Gasteiger partial charge < -0.3 is 5.32 Å². The van der Waals surface area contributed by atoms with Crippen LogP contribution in [0.15, 0.2) is 0 Å². The van der Waals surface area contributed by atoms with Gasteiger partial charge in [0.2, 0.25) is 5.91 Å². The van der Waals surface area contributed by atoms with E-state index >= 15 is 0 Å². The smallest absolute Gasteiger partial charge is 0.223 e. The fourth-order valence-corrected chi connectivity index (χ4v) is 3.46. The summed E-state index contributed by atoms with van der Waals surface area (Å²) in [5, 5.41) is 3.09. The third kappa shape index (κ3) is 2.50. The number of alkyl halides is 1. The van der Waals surface area contributed by atoms with Crippen molar-refractivity contribution >= 4 is 21.8 Å². The molecule has 14 heavy (non-hydrogen) atoms. The van der Waals surface area contributed by atoms with Crippen LogP contribution < -0.4 is 5.32 Å². The summed E-state index contributed by atoms with van der Waals surface area (Å²) in [7, 11) is 0. The van der Waals surface area contributed by atoms with Gasteiger partial charge in [-0.15, -0.1) is 0 Å². The highest BCUT2D eigenvalue weighted by atomic mass is 79.9. The van der Waals surface area contributed by atoms with Gasteiger partial charge in [-0.2, -0.15) is 0 Å². The number of halogens is 1. The van der Waals surface area contributed by atoms with Crippen molar-refractivity contribution in [1.29, 1.82) is 0 Å². The van der Waals surface area contributed by atoms with Crippen LogP contribution in [0.4, 0.5) is 0 Å². The molecule has 2 saturated carbocycles. The molecule has 0 unspecified atom stereocenters. The number of carbonyl (C=O) groups excluding carboxylic acids is 1. The molecule has 3 heteroatoms. The lowest BCUT2D eigenvalue weighted by Crippen LogP contribution is -2.38. The Morgan fingerprint density at radius 3 is 2.50 bits per heavy atom. The first-order valence-corrected chi connectivity index (χ1v) is 6.59. The molecule has 80 valence electrons. The average molecular weight is 260 g/mol. The van der Waals surface area contributed by atoms with Gasteiger partial charge in [-0.05, 0) is 31.6 Å². The maximum absolute atomic E-state index is 11.6. The molecule has 2 nitrogen and oxygen atoms in total. The first-order valence-electron chi connectivity index (χ1n) is 5.67. The monoisotopic (exact) mass is 259 g/mol. The van der Waals surface area contributed by atoms with E-state index in [-0.39, 0.29) is 0 Å². The predicted octanol–water partition coefficient (Wildman–Crippen LogP) is 2.47. The fourth-order valence-electron chi connectivity index (χ4n) is 2.40. The molecule has 0 aromatic carbocycles. The average Bonchev–Trinajstić information content (AvgIpc) is 2.62.